The summed E-state index contributed by atoms with van der Waals surface area (Å²) in [5.74, 6) is 0.615. The van der Waals surface area contributed by atoms with Crippen LogP contribution in [0.1, 0.15) is 13.3 Å². The second-order valence-electron chi connectivity index (χ2n) is 3.37. The van der Waals surface area contributed by atoms with Gasteiger partial charge >= 0.3 is 0 Å². The highest BCUT2D eigenvalue weighted by Gasteiger charge is 2.04. The molecule has 0 amide bonds. The lowest BCUT2D eigenvalue weighted by Crippen LogP contribution is -2.07. The Morgan fingerprint density at radius 1 is 1.21 bits per heavy atom. The van der Waals surface area contributed by atoms with E-state index in [1.165, 1.54) is 12.0 Å². The van der Waals surface area contributed by atoms with Gasteiger partial charge in [-0.3, -0.25) is 3.53 Å². The SMILES string of the molecule is CC(CCNI)C1=C/C=C\C=C/C=C\1. The zero-order valence-corrected chi connectivity index (χ0v) is 10.6. The fourth-order valence-electron chi connectivity index (χ4n) is 1.35. The van der Waals surface area contributed by atoms with E-state index in [1.807, 2.05) is 6.08 Å². The molecule has 0 aromatic carbocycles. The van der Waals surface area contributed by atoms with Crippen molar-refractivity contribution in [3.05, 3.63) is 48.1 Å². The predicted molar refractivity (Wildman–Crippen MR) is 71.3 cm³/mol. The minimum absolute atomic E-state index is 0.615. The molecule has 14 heavy (non-hydrogen) atoms. The Kier molecular flexibility index (Phi) is 5.87. The summed E-state index contributed by atoms with van der Waals surface area (Å²) in [6.45, 7) is 3.33. The van der Waals surface area contributed by atoms with Gasteiger partial charge in [-0.15, -0.1) is 0 Å². The van der Waals surface area contributed by atoms with Crippen molar-refractivity contribution < 1.29 is 0 Å². The van der Waals surface area contributed by atoms with Crippen molar-refractivity contribution in [3.63, 3.8) is 0 Å². The van der Waals surface area contributed by atoms with Gasteiger partial charge in [-0.05, 0) is 17.9 Å². The van der Waals surface area contributed by atoms with Crippen LogP contribution in [0.25, 0.3) is 0 Å². The van der Waals surface area contributed by atoms with E-state index in [9.17, 15) is 0 Å². The molecule has 1 atom stereocenters. The molecule has 0 fully saturated rings. The fourth-order valence-corrected chi connectivity index (χ4v) is 1.66. The van der Waals surface area contributed by atoms with Gasteiger partial charge in [-0.1, -0.05) is 49.5 Å². The molecule has 0 aromatic heterocycles. The van der Waals surface area contributed by atoms with E-state index in [2.05, 4.69) is 69.8 Å². The van der Waals surface area contributed by atoms with Crippen LogP contribution >= 0.6 is 22.9 Å². The summed E-state index contributed by atoms with van der Waals surface area (Å²) in [5, 5.41) is 0. The molecule has 2 heteroatoms. The topological polar surface area (TPSA) is 12.0 Å². The van der Waals surface area contributed by atoms with Gasteiger partial charge in [0.2, 0.25) is 0 Å². The summed E-state index contributed by atoms with van der Waals surface area (Å²) in [7, 11) is 0. The summed E-state index contributed by atoms with van der Waals surface area (Å²) < 4.78 is 3.15. The minimum Gasteiger partial charge on any atom is -0.261 e. The maximum absolute atomic E-state index is 3.15. The first-order chi connectivity index (χ1) is 6.84. The fraction of sp³-hybridized carbons (Fsp3) is 0.333. The molecule has 0 saturated heterocycles. The molecule has 0 saturated carbocycles. The average Bonchev–Trinajstić information content (AvgIpc) is 2.13. The second kappa shape index (κ2) is 7.01. The van der Waals surface area contributed by atoms with Gasteiger partial charge in [0.05, 0.1) is 0 Å². The molecule has 1 aliphatic carbocycles. The first-order valence-electron chi connectivity index (χ1n) is 4.89. The van der Waals surface area contributed by atoms with Crippen molar-refractivity contribution in [2.75, 3.05) is 6.54 Å². The lowest BCUT2D eigenvalue weighted by atomic mass is 9.96. The average molecular weight is 301 g/mol. The number of hydrogen-bond acceptors (Lipinski definition) is 1. The predicted octanol–water partition coefficient (Wildman–Crippen LogP) is 3.56. The Morgan fingerprint density at radius 3 is 2.71 bits per heavy atom. The van der Waals surface area contributed by atoms with Crippen LogP contribution in [-0.4, -0.2) is 6.54 Å². The van der Waals surface area contributed by atoms with Crippen LogP contribution in [0.5, 0.6) is 0 Å². The largest absolute Gasteiger partial charge is 0.261 e. The highest BCUT2D eigenvalue weighted by molar-refractivity contribution is 14.1. The molecule has 1 aliphatic rings. The Bertz CT molecular complexity index is 274. The molecule has 76 valence electrons. The van der Waals surface area contributed by atoms with Crippen molar-refractivity contribution in [1.82, 2.24) is 3.53 Å². The molecule has 0 radical (unpaired) electrons. The molecular formula is C12H16IN. The standard InChI is InChI=1S/C12H16IN/c1-11(9-10-14-13)12-7-5-3-2-4-6-8-12/h2-8,11,14H,9-10H2,1H3/b3-2-,4-2?,5-3?,6-4-,7-5-,8-6?,12-7?,12-8+. The van der Waals surface area contributed by atoms with Crippen LogP contribution in [0.2, 0.25) is 0 Å². The third-order valence-electron chi connectivity index (χ3n) is 2.26. The first kappa shape index (κ1) is 11.7. The van der Waals surface area contributed by atoms with Crippen LogP contribution in [0.3, 0.4) is 0 Å². The number of hydrogen-bond donors (Lipinski definition) is 1. The number of nitrogens with one attached hydrogen (secondary N) is 1. The monoisotopic (exact) mass is 301 g/mol. The van der Waals surface area contributed by atoms with Gasteiger partial charge in [-0.25, -0.2) is 0 Å². The van der Waals surface area contributed by atoms with Crippen molar-refractivity contribution in [3.8, 4) is 0 Å². The van der Waals surface area contributed by atoms with Gasteiger partial charge < -0.3 is 0 Å². The molecule has 1 unspecified atom stereocenters. The number of halogens is 1. The quantitative estimate of drug-likeness (QED) is 0.618. The Balaban J connectivity index is 2.56. The summed E-state index contributed by atoms with van der Waals surface area (Å²) >= 11 is 2.19. The molecular weight excluding hydrogens is 285 g/mol. The lowest BCUT2D eigenvalue weighted by Gasteiger charge is -2.11. The maximum atomic E-state index is 3.15. The lowest BCUT2D eigenvalue weighted by molar-refractivity contribution is 0.627. The molecule has 0 aliphatic heterocycles. The van der Waals surface area contributed by atoms with E-state index in [0.717, 1.165) is 6.54 Å². The van der Waals surface area contributed by atoms with E-state index in [1.54, 1.807) is 0 Å². The zero-order valence-electron chi connectivity index (χ0n) is 8.41. The molecule has 0 bridgehead atoms. The van der Waals surface area contributed by atoms with Crippen molar-refractivity contribution >= 4 is 22.9 Å². The highest BCUT2D eigenvalue weighted by atomic mass is 127. The van der Waals surface area contributed by atoms with E-state index in [4.69, 9.17) is 0 Å². The van der Waals surface area contributed by atoms with Crippen LogP contribution in [-0.2, 0) is 0 Å². The van der Waals surface area contributed by atoms with Gasteiger partial charge in [0.15, 0.2) is 0 Å². The smallest absolute Gasteiger partial charge is 0.0169 e. The molecule has 1 rings (SSSR count). The zero-order chi connectivity index (χ0) is 10.2. The van der Waals surface area contributed by atoms with Gasteiger partial charge in [0.25, 0.3) is 0 Å². The van der Waals surface area contributed by atoms with Crippen LogP contribution in [0, 0.1) is 5.92 Å². The van der Waals surface area contributed by atoms with E-state index < -0.39 is 0 Å². The van der Waals surface area contributed by atoms with Crippen LogP contribution in [0.15, 0.2) is 48.1 Å². The van der Waals surface area contributed by atoms with Gasteiger partial charge in [0.1, 0.15) is 0 Å². The maximum Gasteiger partial charge on any atom is 0.0169 e. The summed E-state index contributed by atoms with van der Waals surface area (Å²) in [5.41, 5.74) is 1.40. The van der Waals surface area contributed by atoms with Crippen LogP contribution in [0.4, 0.5) is 0 Å². The Labute approximate surface area is 100 Å². The summed E-state index contributed by atoms with van der Waals surface area (Å²) in [6.07, 6.45) is 15.9. The normalized spacial score (nSPS) is 28.0. The Morgan fingerprint density at radius 2 is 1.93 bits per heavy atom. The van der Waals surface area contributed by atoms with E-state index >= 15 is 0 Å². The molecule has 1 N–H and O–H groups in total. The van der Waals surface area contributed by atoms with Crippen molar-refractivity contribution in [2.24, 2.45) is 5.92 Å². The minimum atomic E-state index is 0.615. The summed E-state index contributed by atoms with van der Waals surface area (Å²) in [4.78, 5) is 0. The number of allylic oxidation sites excluding steroid dienone is 8. The summed E-state index contributed by atoms with van der Waals surface area (Å²) in [6, 6.07) is 0. The first-order valence-corrected chi connectivity index (χ1v) is 5.97. The van der Waals surface area contributed by atoms with E-state index in [-0.39, 0.29) is 0 Å². The highest BCUT2D eigenvalue weighted by Crippen LogP contribution is 2.16. The van der Waals surface area contributed by atoms with E-state index in [0.29, 0.717) is 5.92 Å². The molecule has 1 nitrogen and oxygen atoms in total. The van der Waals surface area contributed by atoms with Crippen LogP contribution < -0.4 is 3.53 Å². The third-order valence-corrected chi connectivity index (χ3v) is 2.80. The van der Waals surface area contributed by atoms with Gasteiger partial charge in [-0.2, -0.15) is 0 Å². The molecule has 0 spiro atoms. The van der Waals surface area contributed by atoms with Crippen molar-refractivity contribution in [1.29, 1.82) is 0 Å². The van der Waals surface area contributed by atoms with Gasteiger partial charge in [0, 0.05) is 29.4 Å². The third kappa shape index (κ3) is 4.24. The molecule has 0 aromatic rings. The Hall–Kier alpha value is -0.350. The second-order valence-corrected chi connectivity index (χ2v) is 4.13. The van der Waals surface area contributed by atoms with Crippen molar-refractivity contribution in [2.45, 2.75) is 13.3 Å². The number of rotatable bonds is 4. The molecule has 0 heterocycles.